The Morgan fingerprint density at radius 2 is 2.17 bits per heavy atom. The van der Waals surface area contributed by atoms with E-state index < -0.39 is 23.3 Å². The number of nitrogens with zero attached hydrogens (tertiary/aromatic N) is 1. The summed E-state index contributed by atoms with van der Waals surface area (Å²) < 4.78 is 0. The zero-order valence-corrected chi connectivity index (χ0v) is 12.7. The van der Waals surface area contributed by atoms with Gasteiger partial charge in [0.2, 0.25) is 0 Å². The number of hydrogen-bond donors (Lipinski definition) is 1. The van der Waals surface area contributed by atoms with Gasteiger partial charge < -0.3 is 10.6 Å². The molecular weight excluding hydrogens is 243 g/mol. The molecule has 6 heteroatoms. The standard InChI is InChI=1S/C12H16N2O3.Na/c1-2-7-12(8-5-3-4-6-8)9(15)13-11(17)14-10(12)16;/h3,5,8H,2,4,6-7H2,1H3,(H2,13,14,15,16,17);/q;+1/p-1. The Labute approximate surface area is 128 Å². The maximum atomic E-state index is 12.1. The van der Waals surface area contributed by atoms with Gasteiger partial charge in [-0.05, 0) is 25.2 Å². The van der Waals surface area contributed by atoms with Crippen LogP contribution in [0.3, 0.4) is 0 Å². The molecule has 0 saturated carbocycles. The van der Waals surface area contributed by atoms with Crippen LogP contribution in [-0.2, 0) is 9.59 Å². The van der Waals surface area contributed by atoms with E-state index >= 15 is 0 Å². The van der Waals surface area contributed by atoms with Crippen LogP contribution in [0.1, 0.15) is 32.6 Å². The van der Waals surface area contributed by atoms with E-state index in [0.717, 1.165) is 12.8 Å². The van der Waals surface area contributed by atoms with Crippen LogP contribution in [0.15, 0.2) is 12.2 Å². The summed E-state index contributed by atoms with van der Waals surface area (Å²) >= 11 is 0. The summed E-state index contributed by atoms with van der Waals surface area (Å²) in [6, 6.07) is -0.839. The van der Waals surface area contributed by atoms with Gasteiger partial charge in [0.1, 0.15) is 0 Å². The van der Waals surface area contributed by atoms with Gasteiger partial charge in [-0.25, -0.2) is 0 Å². The Bertz CT molecular complexity index is 386. The molecular formula is C12H15N2NaO3. The molecule has 92 valence electrons. The summed E-state index contributed by atoms with van der Waals surface area (Å²) in [5, 5.41) is 5.57. The van der Waals surface area contributed by atoms with Crippen molar-refractivity contribution in [1.29, 1.82) is 0 Å². The number of rotatable bonds is 3. The molecule has 18 heavy (non-hydrogen) atoms. The smallest absolute Gasteiger partial charge is 0.394 e. The van der Waals surface area contributed by atoms with Crippen LogP contribution >= 0.6 is 0 Å². The molecule has 0 aromatic rings. The van der Waals surface area contributed by atoms with Crippen LogP contribution < -0.4 is 34.9 Å². The van der Waals surface area contributed by atoms with Crippen LogP contribution in [0.2, 0.25) is 0 Å². The molecule has 1 heterocycles. The van der Waals surface area contributed by atoms with Crippen LogP contribution in [0.25, 0.3) is 5.32 Å². The van der Waals surface area contributed by atoms with Crippen molar-refractivity contribution < 1.29 is 43.9 Å². The normalized spacial score (nSPS) is 30.7. The third kappa shape index (κ3) is 2.39. The number of carbonyl (C=O) groups is 3. The van der Waals surface area contributed by atoms with Gasteiger partial charge in [-0.3, -0.25) is 14.4 Å². The van der Waals surface area contributed by atoms with E-state index in [0.29, 0.717) is 12.8 Å². The Morgan fingerprint density at radius 3 is 2.67 bits per heavy atom. The molecule has 2 unspecified atom stereocenters. The Morgan fingerprint density at radius 1 is 1.44 bits per heavy atom. The molecule has 0 aromatic carbocycles. The average Bonchev–Trinajstić information content (AvgIpc) is 2.77. The van der Waals surface area contributed by atoms with Crippen molar-refractivity contribution in [2.24, 2.45) is 11.3 Å². The quantitative estimate of drug-likeness (QED) is 0.396. The fraction of sp³-hybridized carbons (Fsp3) is 0.583. The van der Waals surface area contributed by atoms with E-state index in [9.17, 15) is 14.4 Å². The summed E-state index contributed by atoms with van der Waals surface area (Å²) in [4.78, 5) is 35.2. The van der Waals surface area contributed by atoms with Gasteiger partial charge in [-0.1, -0.05) is 25.5 Å². The predicted octanol–water partition coefficient (Wildman–Crippen LogP) is -1.11. The van der Waals surface area contributed by atoms with Gasteiger partial charge in [0, 0.05) is 0 Å². The van der Waals surface area contributed by atoms with E-state index in [1.807, 2.05) is 19.1 Å². The second-order valence-corrected chi connectivity index (χ2v) is 4.51. The monoisotopic (exact) mass is 258 g/mol. The van der Waals surface area contributed by atoms with Crippen molar-refractivity contribution in [2.75, 3.05) is 0 Å². The zero-order chi connectivity index (χ0) is 12.5. The van der Waals surface area contributed by atoms with E-state index in [1.165, 1.54) is 0 Å². The first-order chi connectivity index (χ1) is 8.11. The van der Waals surface area contributed by atoms with Crippen LogP contribution in [0, 0.1) is 11.3 Å². The average molecular weight is 258 g/mol. The number of nitrogens with one attached hydrogen (secondary N) is 1. The van der Waals surface area contributed by atoms with Gasteiger partial charge in [0.05, 0.1) is 5.41 Å². The molecule has 5 nitrogen and oxygen atoms in total. The molecule has 1 aliphatic carbocycles. The molecule has 4 amide bonds. The second kappa shape index (κ2) is 5.99. The van der Waals surface area contributed by atoms with E-state index in [4.69, 9.17) is 0 Å². The molecule has 1 fully saturated rings. The molecule has 1 aliphatic heterocycles. The van der Waals surface area contributed by atoms with E-state index in [2.05, 4.69) is 10.6 Å². The van der Waals surface area contributed by atoms with Gasteiger partial charge >= 0.3 is 29.6 Å². The van der Waals surface area contributed by atoms with E-state index in [1.54, 1.807) is 0 Å². The number of allylic oxidation sites excluding steroid dienone is 2. The summed E-state index contributed by atoms with van der Waals surface area (Å²) in [5.74, 6) is -1.20. The topological polar surface area (TPSA) is 77.3 Å². The van der Waals surface area contributed by atoms with Crippen molar-refractivity contribution in [3.8, 4) is 0 Å². The van der Waals surface area contributed by atoms with Crippen molar-refractivity contribution in [2.45, 2.75) is 32.6 Å². The van der Waals surface area contributed by atoms with Gasteiger partial charge in [-0.2, -0.15) is 0 Å². The second-order valence-electron chi connectivity index (χ2n) is 4.51. The molecule has 0 spiro atoms. The molecule has 1 N–H and O–H groups in total. The molecule has 2 atom stereocenters. The van der Waals surface area contributed by atoms with Crippen molar-refractivity contribution in [3.05, 3.63) is 17.5 Å². The minimum absolute atomic E-state index is 0. The Hall–Kier alpha value is -0.650. The maximum absolute atomic E-state index is 12.1. The van der Waals surface area contributed by atoms with Gasteiger partial charge in [-0.15, -0.1) is 0 Å². The summed E-state index contributed by atoms with van der Waals surface area (Å²) in [6.45, 7) is 1.91. The van der Waals surface area contributed by atoms with Crippen molar-refractivity contribution in [3.63, 3.8) is 0 Å². The largest absolute Gasteiger partial charge is 1.00 e. The number of imide groups is 2. The summed E-state index contributed by atoms with van der Waals surface area (Å²) in [7, 11) is 0. The van der Waals surface area contributed by atoms with Crippen molar-refractivity contribution in [1.82, 2.24) is 5.32 Å². The molecule has 0 bridgehead atoms. The fourth-order valence-electron chi connectivity index (χ4n) is 2.70. The van der Waals surface area contributed by atoms with Crippen LogP contribution in [0.4, 0.5) is 4.79 Å². The number of barbiturate groups is 1. The predicted molar refractivity (Wildman–Crippen MR) is 61.1 cm³/mol. The number of urea groups is 1. The maximum Gasteiger partial charge on any atom is 1.00 e. The number of amides is 4. The zero-order valence-electron chi connectivity index (χ0n) is 10.7. The molecule has 2 aliphatic rings. The first-order valence-corrected chi connectivity index (χ1v) is 5.89. The SMILES string of the molecule is CCCC1(C2C=CCC2)C(=O)[N-]C(=O)NC1=O.[Na+]. The molecule has 0 aromatic heterocycles. The van der Waals surface area contributed by atoms with Gasteiger partial charge in [0.15, 0.2) is 17.8 Å². The summed E-state index contributed by atoms with van der Waals surface area (Å²) in [5.41, 5.74) is -1.16. The number of carbonyl (C=O) groups excluding carboxylic acids is 3. The fourth-order valence-corrected chi connectivity index (χ4v) is 2.70. The first-order valence-electron chi connectivity index (χ1n) is 5.89. The van der Waals surface area contributed by atoms with Gasteiger partial charge in [0.25, 0.3) is 0 Å². The molecule has 2 rings (SSSR count). The van der Waals surface area contributed by atoms with E-state index in [-0.39, 0.29) is 35.5 Å². The third-order valence-corrected chi connectivity index (χ3v) is 3.50. The minimum atomic E-state index is -1.16. The van der Waals surface area contributed by atoms with Crippen LogP contribution in [-0.4, -0.2) is 17.8 Å². The molecule has 0 radical (unpaired) electrons. The van der Waals surface area contributed by atoms with Crippen molar-refractivity contribution >= 4 is 17.8 Å². The first kappa shape index (κ1) is 15.4. The molecule has 1 saturated heterocycles. The Balaban J connectivity index is 0.00000162. The minimum Gasteiger partial charge on any atom is -0.394 e. The van der Waals surface area contributed by atoms with Crippen LogP contribution in [0.5, 0.6) is 0 Å². The summed E-state index contributed by atoms with van der Waals surface area (Å²) in [6.07, 6.45) is 6.64. The number of hydrogen-bond acceptors (Lipinski definition) is 3. The Kier molecular flexibility index (Phi) is 5.13. The third-order valence-electron chi connectivity index (χ3n) is 3.50.